The number of primary amides is 1. The van der Waals surface area contributed by atoms with Gasteiger partial charge in [-0.05, 0) is 12.1 Å². The summed E-state index contributed by atoms with van der Waals surface area (Å²) in [6.07, 6.45) is 0. The Hall–Kier alpha value is -2.37. The molecule has 1 aromatic heterocycles. The SMILES string of the molecule is NC(=O)c1nc2c(C(=O)O)cccc2o1. The monoisotopic (exact) mass is 206 g/mol. The number of carboxylic acid groups (broad SMARTS) is 1. The standard InChI is InChI=1S/C9H6N2O4/c10-7(12)8-11-6-4(9(13)14)2-1-3-5(6)15-8/h1-3H,(H2,10,12)(H,13,14). The van der Waals surface area contributed by atoms with Crippen molar-refractivity contribution in [1.82, 2.24) is 4.98 Å². The third-order valence-electron chi connectivity index (χ3n) is 1.86. The molecule has 0 spiro atoms. The topological polar surface area (TPSA) is 106 Å². The van der Waals surface area contributed by atoms with Gasteiger partial charge in [0, 0.05) is 0 Å². The van der Waals surface area contributed by atoms with E-state index in [0.717, 1.165) is 0 Å². The van der Waals surface area contributed by atoms with E-state index in [9.17, 15) is 9.59 Å². The molecule has 1 heterocycles. The Morgan fingerprint density at radius 1 is 1.40 bits per heavy atom. The Bertz CT molecular complexity index is 558. The lowest BCUT2D eigenvalue weighted by Crippen LogP contribution is -2.11. The predicted molar refractivity (Wildman–Crippen MR) is 49.5 cm³/mol. The number of fused-ring (bicyclic) bond motifs is 1. The largest absolute Gasteiger partial charge is 0.478 e. The number of carbonyl (C=O) groups excluding carboxylic acids is 1. The molecule has 15 heavy (non-hydrogen) atoms. The van der Waals surface area contributed by atoms with Gasteiger partial charge in [0.1, 0.15) is 5.52 Å². The third kappa shape index (κ3) is 1.41. The van der Waals surface area contributed by atoms with Crippen molar-refractivity contribution in [2.24, 2.45) is 5.73 Å². The molecule has 2 aromatic rings. The molecule has 0 saturated carbocycles. The molecule has 0 bridgehead atoms. The molecule has 76 valence electrons. The highest BCUT2D eigenvalue weighted by molar-refractivity contribution is 6.01. The van der Waals surface area contributed by atoms with Crippen LogP contribution in [0.2, 0.25) is 0 Å². The van der Waals surface area contributed by atoms with Crippen molar-refractivity contribution >= 4 is 23.0 Å². The van der Waals surface area contributed by atoms with Crippen molar-refractivity contribution in [3.63, 3.8) is 0 Å². The average molecular weight is 206 g/mol. The van der Waals surface area contributed by atoms with E-state index in [-0.39, 0.29) is 22.6 Å². The summed E-state index contributed by atoms with van der Waals surface area (Å²) in [5.74, 6) is -2.26. The van der Waals surface area contributed by atoms with E-state index in [1.165, 1.54) is 18.2 Å². The first-order valence-corrected chi connectivity index (χ1v) is 4.02. The summed E-state index contributed by atoms with van der Waals surface area (Å²) in [7, 11) is 0. The maximum Gasteiger partial charge on any atom is 0.338 e. The van der Waals surface area contributed by atoms with Crippen molar-refractivity contribution in [3.8, 4) is 0 Å². The second kappa shape index (κ2) is 3.09. The molecule has 6 heteroatoms. The van der Waals surface area contributed by atoms with Crippen molar-refractivity contribution in [2.75, 3.05) is 0 Å². The zero-order chi connectivity index (χ0) is 11.0. The third-order valence-corrected chi connectivity index (χ3v) is 1.86. The number of nitrogens with zero attached hydrogens (tertiary/aromatic N) is 1. The fourth-order valence-corrected chi connectivity index (χ4v) is 1.23. The zero-order valence-corrected chi connectivity index (χ0v) is 7.43. The molecule has 0 fully saturated rings. The fourth-order valence-electron chi connectivity index (χ4n) is 1.23. The first-order chi connectivity index (χ1) is 7.09. The van der Waals surface area contributed by atoms with Gasteiger partial charge in [-0.15, -0.1) is 0 Å². The highest BCUT2D eigenvalue weighted by Crippen LogP contribution is 2.19. The van der Waals surface area contributed by atoms with E-state index < -0.39 is 11.9 Å². The second-order valence-electron chi connectivity index (χ2n) is 2.84. The van der Waals surface area contributed by atoms with Gasteiger partial charge in [-0.2, -0.15) is 0 Å². The van der Waals surface area contributed by atoms with Crippen molar-refractivity contribution in [3.05, 3.63) is 29.7 Å². The van der Waals surface area contributed by atoms with Crippen LogP contribution in [0.5, 0.6) is 0 Å². The number of hydrogen-bond acceptors (Lipinski definition) is 4. The Labute approximate surface area is 83.3 Å². The van der Waals surface area contributed by atoms with Crippen molar-refractivity contribution in [1.29, 1.82) is 0 Å². The van der Waals surface area contributed by atoms with Crippen LogP contribution >= 0.6 is 0 Å². The maximum absolute atomic E-state index is 10.8. The van der Waals surface area contributed by atoms with Gasteiger partial charge in [-0.3, -0.25) is 4.79 Å². The summed E-state index contributed by atoms with van der Waals surface area (Å²) in [5.41, 5.74) is 5.29. The Morgan fingerprint density at radius 3 is 2.73 bits per heavy atom. The average Bonchev–Trinajstić information content (AvgIpc) is 2.60. The van der Waals surface area contributed by atoms with Gasteiger partial charge in [-0.25, -0.2) is 9.78 Å². The van der Waals surface area contributed by atoms with Crippen LogP contribution in [0.1, 0.15) is 21.0 Å². The molecule has 0 unspecified atom stereocenters. The van der Waals surface area contributed by atoms with E-state index in [1.807, 2.05) is 0 Å². The van der Waals surface area contributed by atoms with Crippen LogP contribution in [-0.2, 0) is 0 Å². The minimum atomic E-state index is -1.13. The van der Waals surface area contributed by atoms with Crippen LogP contribution in [0.3, 0.4) is 0 Å². The van der Waals surface area contributed by atoms with Gasteiger partial charge < -0.3 is 15.3 Å². The number of amides is 1. The summed E-state index contributed by atoms with van der Waals surface area (Å²) in [4.78, 5) is 25.3. The summed E-state index contributed by atoms with van der Waals surface area (Å²) in [6.45, 7) is 0. The maximum atomic E-state index is 10.8. The number of aromatic nitrogens is 1. The van der Waals surface area contributed by atoms with Crippen LogP contribution in [0, 0.1) is 0 Å². The molecule has 6 nitrogen and oxygen atoms in total. The number of para-hydroxylation sites is 1. The van der Waals surface area contributed by atoms with Crippen LogP contribution in [-0.4, -0.2) is 22.0 Å². The van der Waals surface area contributed by atoms with Crippen LogP contribution in [0.4, 0.5) is 0 Å². The quantitative estimate of drug-likeness (QED) is 0.749. The van der Waals surface area contributed by atoms with Crippen molar-refractivity contribution in [2.45, 2.75) is 0 Å². The number of carbonyl (C=O) groups is 2. The molecular formula is C9H6N2O4. The van der Waals surface area contributed by atoms with E-state index >= 15 is 0 Å². The normalized spacial score (nSPS) is 10.4. The number of rotatable bonds is 2. The van der Waals surface area contributed by atoms with E-state index in [4.69, 9.17) is 15.3 Å². The molecular weight excluding hydrogens is 200 g/mol. The van der Waals surface area contributed by atoms with Gasteiger partial charge in [0.25, 0.3) is 5.89 Å². The highest BCUT2D eigenvalue weighted by atomic mass is 16.4. The minimum absolute atomic E-state index is 0.0243. The molecule has 0 aliphatic rings. The van der Waals surface area contributed by atoms with Gasteiger partial charge in [0.15, 0.2) is 5.58 Å². The van der Waals surface area contributed by atoms with Gasteiger partial charge in [-0.1, -0.05) is 6.07 Å². The molecule has 0 atom stereocenters. The Morgan fingerprint density at radius 2 is 2.13 bits per heavy atom. The highest BCUT2D eigenvalue weighted by Gasteiger charge is 2.16. The number of benzene rings is 1. The number of aromatic carboxylic acids is 1. The van der Waals surface area contributed by atoms with Crippen LogP contribution in [0.25, 0.3) is 11.1 Å². The molecule has 0 saturated heterocycles. The number of oxazole rings is 1. The summed E-state index contributed by atoms with van der Waals surface area (Å²) < 4.78 is 4.97. The molecule has 1 amide bonds. The number of carboxylic acids is 1. The summed E-state index contributed by atoms with van der Waals surface area (Å²) >= 11 is 0. The molecule has 0 aliphatic carbocycles. The van der Waals surface area contributed by atoms with Gasteiger partial charge in [0.05, 0.1) is 5.56 Å². The molecule has 0 radical (unpaired) electrons. The minimum Gasteiger partial charge on any atom is -0.478 e. The molecule has 1 aromatic carbocycles. The van der Waals surface area contributed by atoms with Crippen molar-refractivity contribution < 1.29 is 19.1 Å². The zero-order valence-electron chi connectivity index (χ0n) is 7.43. The summed E-state index contributed by atoms with van der Waals surface area (Å²) in [6, 6.07) is 4.39. The first kappa shape index (κ1) is 9.20. The van der Waals surface area contributed by atoms with E-state index in [0.29, 0.717) is 0 Å². The lowest BCUT2D eigenvalue weighted by molar-refractivity contribution is 0.0698. The number of hydrogen-bond donors (Lipinski definition) is 2. The molecule has 2 rings (SSSR count). The van der Waals surface area contributed by atoms with Gasteiger partial charge in [0.2, 0.25) is 0 Å². The molecule has 3 N–H and O–H groups in total. The smallest absolute Gasteiger partial charge is 0.338 e. The van der Waals surface area contributed by atoms with Crippen LogP contribution < -0.4 is 5.73 Å². The molecule has 0 aliphatic heterocycles. The first-order valence-electron chi connectivity index (χ1n) is 4.02. The summed E-state index contributed by atoms with van der Waals surface area (Å²) in [5, 5.41) is 8.83. The van der Waals surface area contributed by atoms with E-state index in [2.05, 4.69) is 4.98 Å². The van der Waals surface area contributed by atoms with E-state index in [1.54, 1.807) is 0 Å². The predicted octanol–water partition coefficient (Wildman–Crippen LogP) is 0.625. The van der Waals surface area contributed by atoms with Crippen LogP contribution in [0.15, 0.2) is 22.6 Å². The lowest BCUT2D eigenvalue weighted by Gasteiger charge is -1.92. The Balaban J connectivity index is 2.75. The second-order valence-corrected chi connectivity index (χ2v) is 2.84. The lowest BCUT2D eigenvalue weighted by atomic mass is 10.2. The number of nitrogens with two attached hydrogens (primary N) is 1. The fraction of sp³-hybridized carbons (Fsp3) is 0. The van der Waals surface area contributed by atoms with Gasteiger partial charge >= 0.3 is 11.9 Å². The Kier molecular flexibility index (Phi) is 1.89.